The molecule has 0 amide bonds. The number of thiophene rings is 1. The molecule has 4 rings (SSSR count). The van der Waals surface area contributed by atoms with Gasteiger partial charge in [-0.2, -0.15) is 0 Å². The Hall–Kier alpha value is -2.06. The highest BCUT2D eigenvalue weighted by Gasteiger charge is 2.11. The Balaban J connectivity index is 2.08. The minimum atomic E-state index is 1.22. The fourth-order valence-electron chi connectivity index (χ4n) is 2.44. The molecule has 0 fully saturated rings. The first kappa shape index (κ1) is 9.92. The molecule has 0 atom stereocenters. The first-order valence-corrected chi connectivity index (χ1v) is 6.85. The van der Waals surface area contributed by atoms with Crippen molar-refractivity contribution in [3.8, 4) is 10.4 Å². The van der Waals surface area contributed by atoms with Crippen LogP contribution in [-0.2, 0) is 0 Å². The van der Waals surface area contributed by atoms with E-state index in [1.165, 1.54) is 32.2 Å². The number of aromatic amines is 1. The number of para-hydroxylation sites is 1. The van der Waals surface area contributed by atoms with Crippen LogP contribution in [0.1, 0.15) is 0 Å². The predicted octanol–water partition coefficient (Wildman–Crippen LogP) is 5.05. The van der Waals surface area contributed by atoms with Crippen molar-refractivity contribution in [2.75, 3.05) is 0 Å². The minimum absolute atomic E-state index is 1.22. The van der Waals surface area contributed by atoms with Crippen molar-refractivity contribution in [1.82, 2.24) is 4.98 Å². The Labute approximate surface area is 109 Å². The Bertz CT molecular complexity index is 824. The second-order valence-electron chi connectivity index (χ2n) is 4.39. The van der Waals surface area contributed by atoms with Crippen LogP contribution >= 0.6 is 11.3 Å². The highest BCUT2D eigenvalue weighted by molar-refractivity contribution is 7.15. The van der Waals surface area contributed by atoms with E-state index in [-0.39, 0.29) is 0 Å². The second kappa shape index (κ2) is 3.72. The van der Waals surface area contributed by atoms with Gasteiger partial charge in [0.2, 0.25) is 0 Å². The van der Waals surface area contributed by atoms with E-state index in [1.807, 2.05) is 0 Å². The minimum Gasteiger partial charge on any atom is -0.353 e. The van der Waals surface area contributed by atoms with Crippen LogP contribution in [0.3, 0.4) is 0 Å². The standard InChI is InChI=1S/C16H11NS/c1-2-6-11(7-3-1)16-15-13(10-18-16)12-8-4-5-9-14(12)17-15/h1-10,17H. The van der Waals surface area contributed by atoms with E-state index < -0.39 is 0 Å². The third kappa shape index (κ3) is 1.33. The largest absolute Gasteiger partial charge is 0.353 e. The van der Waals surface area contributed by atoms with Crippen LogP contribution in [0.2, 0.25) is 0 Å². The van der Waals surface area contributed by atoms with Gasteiger partial charge in [0.1, 0.15) is 0 Å². The van der Waals surface area contributed by atoms with Crippen molar-refractivity contribution in [2.45, 2.75) is 0 Å². The number of nitrogens with one attached hydrogen (secondary N) is 1. The summed E-state index contributed by atoms with van der Waals surface area (Å²) in [6.45, 7) is 0. The number of hydrogen-bond donors (Lipinski definition) is 1. The molecule has 1 nitrogen and oxygen atoms in total. The number of H-pyrrole nitrogens is 1. The molecular formula is C16H11NS. The van der Waals surface area contributed by atoms with E-state index in [1.54, 1.807) is 11.3 Å². The fraction of sp³-hybridized carbons (Fsp3) is 0. The molecule has 0 saturated carbocycles. The van der Waals surface area contributed by atoms with Crippen molar-refractivity contribution in [3.63, 3.8) is 0 Å². The van der Waals surface area contributed by atoms with Crippen LogP contribution < -0.4 is 0 Å². The zero-order chi connectivity index (χ0) is 11.9. The molecule has 18 heavy (non-hydrogen) atoms. The molecule has 0 spiro atoms. The van der Waals surface area contributed by atoms with Gasteiger partial charge in [-0.05, 0) is 11.6 Å². The van der Waals surface area contributed by atoms with Crippen molar-refractivity contribution < 1.29 is 0 Å². The fourth-order valence-corrected chi connectivity index (χ4v) is 3.48. The van der Waals surface area contributed by atoms with Crippen LogP contribution in [0.15, 0.2) is 60.0 Å². The number of rotatable bonds is 1. The normalized spacial score (nSPS) is 11.3. The molecule has 0 aliphatic rings. The first-order chi connectivity index (χ1) is 8.93. The Kier molecular flexibility index (Phi) is 2.05. The van der Waals surface area contributed by atoms with Crippen LogP contribution in [0.5, 0.6) is 0 Å². The summed E-state index contributed by atoms with van der Waals surface area (Å²) in [5, 5.41) is 4.89. The molecule has 0 aliphatic heterocycles. The van der Waals surface area contributed by atoms with Gasteiger partial charge in [0.25, 0.3) is 0 Å². The quantitative estimate of drug-likeness (QED) is 0.486. The predicted molar refractivity (Wildman–Crippen MR) is 79.1 cm³/mol. The Morgan fingerprint density at radius 2 is 1.56 bits per heavy atom. The van der Waals surface area contributed by atoms with E-state index >= 15 is 0 Å². The summed E-state index contributed by atoms with van der Waals surface area (Å²) in [5.41, 5.74) is 3.75. The van der Waals surface area contributed by atoms with Gasteiger partial charge in [0, 0.05) is 21.7 Å². The Morgan fingerprint density at radius 3 is 2.44 bits per heavy atom. The molecule has 4 aromatic rings. The van der Waals surface area contributed by atoms with Crippen molar-refractivity contribution >= 4 is 33.1 Å². The molecule has 2 heterocycles. The molecule has 1 N–H and O–H groups in total. The molecule has 2 aromatic carbocycles. The number of fused-ring (bicyclic) bond motifs is 3. The van der Waals surface area contributed by atoms with Gasteiger partial charge < -0.3 is 4.98 Å². The maximum absolute atomic E-state index is 3.54. The molecule has 2 aromatic heterocycles. The van der Waals surface area contributed by atoms with Crippen molar-refractivity contribution in [3.05, 3.63) is 60.0 Å². The molecule has 2 heteroatoms. The molecule has 0 bridgehead atoms. The first-order valence-electron chi connectivity index (χ1n) is 5.97. The summed E-state index contributed by atoms with van der Waals surface area (Å²) in [6.07, 6.45) is 0. The molecular weight excluding hydrogens is 238 g/mol. The van der Waals surface area contributed by atoms with Crippen LogP contribution in [0, 0.1) is 0 Å². The van der Waals surface area contributed by atoms with E-state index in [0.29, 0.717) is 0 Å². The zero-order valence-electron chi connectivity index (χ0n) is 9.68. The lowest BCUT2D eigenvalue weighted by Crippen LogP contribution is -1.72. The number of aromatic nitrogens is 1. The molecule has 0 unspecified atom stereocenters. The maximum Gasteiger partial charge on any atom is 0.0654 e. The lowest BCUT2D eigenvalue weighted by molar-refractivity contribution is 1.56. The molecule has 0 radical (unpaired) electrons. The summed E-state index contributed by atoms with van der Waals surface area (Å²) in [5.74, 6) is 0. The van der Waals surface area contributed by atoms with Gasteiger partial charge in [-0.1, -0.05) is 48.5 Å². The van der Waals surface area contributed by atoms with Gasteiger partial charge in [0.05, 0.1) is 10.4 Å². The molecule has 0 aliphatic carbocycles. The van der Waals surface area contributed by atoms with Crippen molar-refractivity contribution in [1.29, 1.82) is 0 Å². The summed E-state index contributed by atoms with van der Waals surface area (Å²) in [4.78, 5) is 4.86. The summed E-state index contributed by atoms with van der Waals surface area (Å²) < 4.78 is 0. The lowest BCUT2D eigenvalue weighted by atomic mass is 10.1. The van der Waals surface area contributed by atoms with Gasteiger partial charge in [0.15, 0.2) is 0 Å². The van der Waals surface area contributed by atoms with E-state index in [0.717, 1.165) is 0 Å². The molecule has 86 valence electrons. The maximum atomic E-state index is 3.54. The lowest BCUT2D eigenvalue weighted by Gasteiger charge is -1.96. The van der Waals surface area contributed by atoms with E-state index in [4.69, 9.17) is 0 Å². The third-order valence-corrected chi connectivity index (χ3v) is 4.33. The Morgan fingerprint density at radius 1 is 0.778 bits per heavy atom. The van der Waals surface area contributed by atoms with Crippen LogP contribution in [0.4, 0.5) is 0 Å². The summed E-state index contributed by atoms with van der Waals surface area (Å²) in [6, 6.07) is 19.0. The highest BCUT2D eigenvalue weighted by Crippen LogP contribution is 2.38. The number of benzene rings is 2. The summed E-state index contributed by atoms with van der Waals surface area (Å²) >= 11 is 1.81. The van der Waals surface area contributed by atoms with Crippen LogP contribution in [-0.4, -0.2) is 4.98 Å². The monoisotopic (exact) mass is 249 g/mol. The average molecular weight is 249 g/mol. The SMILES string of the molecule is c1ccc(-c2scc3c2[nH]c2ccccc23)cc1. The zero-order valence-corrected chi connectivity index (χ0v) is 10.5. The van der Waals surface area contributed by atoms with E-state index in [9.17, 15) is 0 Å². The van der Waals surface area contributed by atoms with E-state index in [2.05, 4.69) is 65.0 Å². The number of hydrogen-bond acceptors (Lipinski definition) is 1. The van der Waals surface area contributed by atoms with Gasteiger partial charge in [-0.25, -0.2) is 0 Å². The van der Waals surface area contributed by atoms with Gasteiger partial charge in [-0.3, -0.25) is 0 Å². The third-order valence-electron chi connectivity index (χ3n) is 3.30. The average Bonchev–Trinajstić information content (AvgIpc) is 2.98. The smallest absolute Gasteiger partial charge is 0.0654 e. The van der Waals surface area contributed by atoms with Crippen molar-refractivity contribution in [2.24, 2.45) is 0 Å². The highest BCUT2D eigenvalue weighted by atomic mass is 32.1. The van der Waals surface area contributed by atoms with Gasteiger partial charge in [-0.15, -0.1) is 11.3 Å². The second-order valence-corrected chi connectivity index (χ2v) is 5.27. The topological polar surface area (TPSA) is 15.8 Å². The van der Waals surface area contributed by atoms with Gasteiger partial charge >= 0.3 is 0 Å². The molecule has 0 saturated heterocycles. The van der Waals surface area contributed by atoms with Crippen LogP contribution in [0.25, 0.3) is 32.2 Å². The summed E-state index contributed by atoms with van der Waals surface area (Å²) in [7, 11) is 0.